The van der Waals surface area contributed by atoms with Gasteiger partial charge in [-0.25, -0.2) is 0 Å². The molecule has 5 rings (SSSR count). The zero-order chi connectivity index (χ0) is 22.1. The molecule has 1 amide bonds. The Bertz CT molecular complexity index is 1180. The Morgan fingerprint density at radius 1 is 0.938 bits per heavy atom. The summed E-state index contributed by atoms with van der Waals surface area (Å²) in [6.45, 7) is 7.69. The van der Waals surface area contributed by atoms with Crippen LogP contribution in [-0.2, 0) is 13.1 Å². The van der Waals surface area contributed by atoms with Crippen molar-refractivity contribution in [3.8, 4) is 0 Å². The lowest BCUT2D eigenvalue weighted by atomic mass is 9.74. The Labute approximate surface area is 190 Å². The zero-order valence-corrected chi connectivity index (χ0v) is 18.8. The number of rotatable bonds is 3. The maximum absolute atomic E-state index is 13.6. The monoisotopic (exact) mass is 422 g/mol. The number of benzene rings is 2. The normalized spacial score (nSPS) is 20.0. The minimum atomic E-state index is 0.0359. The first kappa shape index (κ1) is 20.6. The molecule has 0 bridgehead atoms. The van der Waals surface area contributed by atoms with Crippen LogP contribution >= 0.6 is 0 Å². The summed E-state index contributed by atoms with van der Waals surface area (Å²) < 4.78 is 2.22. The number of hydrogen-bond acceptors (Lipinski definition) is 1. The van der Waals surface area contributed by atoms with Gasteiger partial charge in [0, 0.05) is 35.3 Å². The summed E-state index contributed by atoms with van der Waals surface area (Å²) in [7, 11) is 0. The van der Waals surface area contributed by atoms with Crippen LogP contribution in [0.1, 0.15) is 59.8 Å². The second kappa shape index (κ2) is 8.68. The van der Waals surface area contributed by atoms with E-state index in [4.69, 9.17) is 0 Å². The lowest BCUT2D eigenvalue weighted by Crippen LogP contribution is -2.30. The number of para-hydroxylation sites is 1. The van der Waals surface area contributed by atoms with Gasteiger partial charge in [0.2, 0.25) is 0 Å². The predicted octanol–water partition coefficient (Wildman–Crippen LogP) is 6.69. The molecular formula is C29H30N2O. The van der Waals surface area contributed by atoms with Crippen LogP contribution < -0.4 is 4.90 Å². The third-order valence-electron chi connectivity index (χ3n) is 7.23. The van der Waals surface area contributed by atoms with Crippen LogP contribution in [0.2, 0.25) is 0 Å². The summed E-state index contributed by atoms with van der Waals surface area (Å²) in [5, 5.41) is 0. The molecule has 2 heterocycles. The molecule has 0 N–H and O–H groups in total. The Hall–Kier alpha value is -3.29. The van der Waals surface area contributed by atoms with E-state index in [1.165, 1.54) is 31.3 Å². The van der Waals surface area contributed by atoms with Gasteiger partial charge in [0.15, 0.2) is 0 Å². The van der Waals surface area contributed by atoms with Gasteiger partial charge in [-0.15, -0.1) is 5.73 Å². The van der Waals surface area contributed by atoms with E-state index < -0.39 is 0 Å². The van der Waals surface area contributed by atoms with Crippen molar-refractivity contribution in [2.24, 2.45) is 11.8 Å². The predicted molar refractivity (Wildman–Crippen MR) is 131 cm³/mol. The van der Waals surface area contributed by atoms with E-state index in [2.05, 4.69) is 66.4 Å². The van der Waals surface area contributed by atoms with Crippen LogP contribution in [0.25, 0.3) is 5.57 Å². The molecular weight excluding hydrogens is 392 g/mol. The maximum atomic E-state index is 13.6. The van der Waals surface area contributed by atoms with E-state index in [1.54, 1.807) is 0 Å². The lowest BCUT2D eigenvalue weighted by molar-refractivity contribution is 0.0985. The number of fused-ring (bicyclic) bond motifs is 2. The molecule has 32 heavy (non-hydrogen) atoms. The van der Waals surface area contributed by atoms with E-state index in [9.17, 15) is 4.79 Å². The van der Waals surface area contributed by atoms with Gasteiger partial charge in [-0.1, -0.05) is 63.1 Å². The van der Waals surface area contributed by atoms with Gasteiger partial charge < -0.3 is 9.47 Å². The quantitative estimate of drug-likeness (QED) is 0.432. The SMILES string of the molecule is C=C=C(c1ccc(C(=O)N2Cc3cccn3Cc3ccccc32)cc1)C1CCCCC1C. The Kier molecular flexibility index (Phi) is 5.59. The van der Waals surface area contributed by atoms with Gasteiger partial charge in [0.1, 0.15) is 0 Å². The van der Waals surface area contributed by atoms with E-state index in [1.807, 2.05) is 29.2 Å². The fourth-order valence-corrected chi connectivity index (χ4v) is 5.41. The molecule has 2 aliphatic rings. The van der Waals surface area contributed by atoms with Crippen molar-refractivity contribution >= 4 is 17.2 Å². The zero-order valence-electron chi connectivity index (χ0n) is 18.8. The molecule has 1 aliphatic carbocycles. The minimum absolute atomic E-state index is 0.0359. The van der Waals surface area contributed by atoms with Crippen molar-refractivity contribution in [2.75, 3.05) is 4.90 Å². The first-order valence-corrected chi connectivity index (χ1v) is 11.7. The Morgan fingerprint density at radius 3 is 2.47 bits per heavy atom. The molecule has 2 aromatic carbocycles. The second-order valence-electron chi connectivity index (χ2n) is 9.18. The topological polar surface area (TPSA) is 25.2 Å². The van der Waals surface area contributed by atoms with Crippen molar-refractivity contribution in [3.63, 3.8) is 0 Å². The molecule has 3 nitrogen and oxygen atoms in total. The molecule has 2 atom stereocenters. The van der Waals surface area contributed by atoms with E-state index in [0.717, 1.165) is 29.1 Å². The van der Waals surface area contributed by atoms with Gasteiger partial charge in [-0.2, -0.15) is 0 Å². The molecule has 2 unspecified atom stereocenters. The lowest BCUT2D eigenvalue weighted by Gasteiger charge is -2.30. The summed E-state index contributed by atoms with van der Waals surface area (Å²) in [6.07, 6.45) is 7.14. The number of anilines is 1. The molecule has 0 spiro atoms. The largest absolute Gasteiger partial charge is 0.345 e. The van der Waals surface area contributed by atoms with Crippen molar-refractivity contribution in [3.05, 3.63) is 102 Å². The minimum Gasteiger partial charge on any atom is -0.345 e. The summed E-state index contributed by atoms with van der Waals surface area (Å²) >= 11 is 0. The van der Waals surface area contributed by atoms with Gasteiger partial charge in [0.05, 0.1) is 6.54 Å². The number of nitrogens with zero attached hydrogens (tertiary/aromatic N) is 2. The number of allylic oxidation sites excluding steroid dienone is 1. The summed E-state index contributed by atoms with van der Waals surface area (Å²) in [5.74, 6) is 1.20. The highest BCUT2D eigenvalue weighted by atomic mass is 16.2. The standard InChI is InChI=1S/C29H30N2O/c1-3-26(27-12-6-4-9-21(27)2)22-14-16-23(17-15-22)29(32)31-20-25-11-8-18-30(25)19-24-10-5-7-13-28(24)31/h5,7-8,10-11,13-18,21,27H,1,4,6,9,12,19-20H2,2H3. The van der Waals surface area contributed by atoms with Gasteiger partial charge in [-0.3, -0.25) is 4.79 Å². The second-order valence-corrected chi connectivity index (χ2v) is 9.18. The molecule has 0 radical (unpaired) electrons. The maximum Gasteiger partial charge on any atom is 0.258 e. The molecule has 162 valence electrons. The number of hydrogen-bond donors (Lipinski definition) is 0. The first-order valence-electron chi connectivity index (χ1n) is 11.7. The third-order valence-corrected chi connectivity index (χ3v) is 7.23. The third kappa shape index (κ3) is 3.74. The van der Waals surface area contributed by atoms with Crippen LogP contribution in [0.4, 0.5) is 5.69 Å². The van der Waals surface area contributed by atoms with Crippen molar-refractivity contribution in [2.45, 2.75) is 45.7 Å². The Morgan fingerprint density at radius 2 is 1.69 bits per heavy atom. The summed E-state index contributed by atoms with van der Waals surface area (Å²) in [4.78, 5) is 15.5. The van der Waals surface area contributed by atoms with E-state index >= 15 is 0 Å². The van der Waals surface area contributed by atoms with Crippen LogP contribution in [-0.4, -0.2) is 10.5 Å². The first-order chi connectivity index (χ1) is 15.7. The average molecular weight is 423 g/mol. The molecule has 1 aliphatic heterocycles. The fourth-order valence-electron chi connectivity index (χ4n) is 5.41. The highest BCUT2D eigenvalue weighted by Crippen LogP contribution is 2.39. The Balaban J connectivity index is 1.44. The molecule has 0 saturated heterocycles. The molecule has 3 heteroatoms. The molecule has 1 saturated carbocycles. The number of carbonyl (C=O) groups is 1. The highest BCUT2D eigenvalue weighted by Gasteiger charge is 2.27. The van der Waals surface area contributed by atoms with Crippen LogP contribution in [0.5, 0.6) is 0 Å². The molecule has 1 fully saturated rings. The van der Waals surface area contributed by atoms with Crippen molar-refractivity contribution in [1.82, 2.24) is 4.57 Å². The number of carbonyl (C=O) groups excluding carboxylic acids is 1. The number of aromatic nitrogens is 1. The highest BCUT2D eigenvalue weighted by molar-refractivity contribution is 6.06. The van der Waals surface area contributed by atoms with E-state index in [-0.39, 0.29) is 5.91 Å². The molecule has 1 aromatic heterocycles. The fraction of sp³-hybridized carbons (Fsp3) is 0.310. The van der Waals surface area contributed by atoms with Gasteiger partial charge >= 0.3 is 0 Å². The van der Waals surface area contributed by atoms with Crippen LogP contribution in [0.15, 0.2) is 79.2 Å². The van der Waals surface area contributed by atoms with E-state index in [0.29, 0.717) is 23.9 Å². The molecule has 3 aromatic rings. The van der Waals surface area contributed by atoms with Crippen LogP contribution in [0.3, 0.4) is 0 Å². The smallest absolute Gasteiger partial charge is 0.258 e. The summed E-state index contributed by atoms with van der Waals surface area (Å²) in [5.41, 5.74) is 9.59. The van der Waals surface area contributed by atoms with Crippen LogP contribution in [0, 0.1) is 11.8 Å². The van der Waals surface area contributed by atoms with Gasteiger partial charge in [-0.05, 0) is 59.7 Å². The number of amides is 1. The van der Waals surface area contributed by atoms with Crippen molar-refractivity contribution in [1.29, 1.82) is 0 Å². The van der Waals surface area contributed by atoms with Gasteiger partial charge in [0.25, 0.3) is 5.91 Å². The van der Waals surface area contributed by atoms with Crippen molar-refractivity contribution < 1.29 is 4.79 Å². The summed E-state index contributed by atoms with van der Waals surface area (Å²) in [6, 6.07) is 20.5. The average Bonchev–Trinajstić information content (AvgIpc) is 3.20.